The van der Waals surface area contributed by atoms with E-state index in [1.807, 2.05) is 37.3 Å². The van der Waals surface area contributed by atoms with Gasteiger partial charge in [-0.3, -0.25) is 5.43 Å². The molecule has 1 spiro atoms. The average Bonchev–Trinajstić information content (AvgIpc) is 3.35. The first-order valence-corrected chi connectivity index (χ1v) is 14.8. The molecule has 3 saturated heterocycles. The van der Waals surface area contributed by atoms with Gasteiger partial charge in [0.2, 0.25) is 5.95 Å². The van der Waals surface area contributed by atoms with E-state index in [0.29, 0.717) is 18.6 Å². The smallest absolute Gasteiger partial charge is 0.409 e. The molecule has 11 heteroatoms. The van der Waals surface area contributed by atoms with Crippen LogP contribution in [0.25, 0.3) is 0 Å². The molecule has 3 aliphatic heterocycles. The van der Waals surface area contributed by atoms with Gasteiger partial charge in [0.05, 0.1) is 36.7 Å². The highest BCUT2D eigenvalue weighted by molar-refractivity contribution is 5.68. The largest absolute Gasteiger partial charge is 0.450 e. The third-order valence-electron chi connectivity index (χ3n) is 9.32. The fourth-order valence-corrected chi connectivity index (χ4v) is 7.45. The van der Waals surface area contributed by atoms with E-state index in [1.54, 1.807) is 0 Å². The molecule has 0 radical (unpaired) electrons. The summed E-state index contributed by atoms with van der Waals surface area (Å²) in [6.45, 7) is 11.7. The molecule has 1 amide bonds. The van der Waals surface area contributed by atoms with Gasteiger partial charge in [-0.2, -0.15) is 10.2 Å². The van der Waals surface area contributed by atoms with Crippen molar-refractivity contribution in [2.24, 2.45) is 11.3 Å². The number of aromatic nitrogens is 4. The van der Waals surface area contributed by atoms with Gasteiger partial charge in [0.15, 0.2) is 0 Å². The molecule has 2 aromatic rings. The molecule has 1 saturated carbocycles. The molecule has 2 N–H and O–H groups in total. The Balaban J connectivity index is 1.06. The van der Waals surface area contributed by atoms with E-state index < -0.39 is 0 Å². The lowest BCUT2D eigenvalue weighted by Gasteiger charge is -2.54. The molecule has 4 unspecified atom stereocenters. The van der Waals surface area contributed by atoms with E-state index in [0.717, 1.165) is 86.6 Å². The van der Waals surface area contributed by atoms with Crippen molar-refractivity contribution in [1.82, 2.24) is 35.9 Å². The van der Waals surface area contributed by atoms with Crippen molar-refractivity contribution in [1.29, 1.82) is 0 Å². The Morgan fingerprint density at radius 2 is 1.95 bits per heavy atom. The second-order valence-electron chi connectivity index (χ2n) is 12.2. The van der Waals surface area contributed by atoms with E-state index in [4.69, 9.17) is 19.4 Å². The van der Waals surface area contributed by atoms with Crippen LogP contribution >= 0.6 is 0 Å². The van der Waals surface area contributed by atoms with Gasteiger partial charge in [0.1, 0.15) is 0 Å². The van der Waals surface area contributed by atoms with Crippen LogP contribution in [0.1, 0.15) is 80.5 Å². The maximum absolute atomic E-state index is 12.2. The predicted molar refractivity (Wildman–Crippen MR) is 149 cm³/mol. The lowest BCUT2D eigenvalue weighted by atomic mass is 9.73. The lowest BCUT2D eigenvalue weighted by molar-refractivity contribution is -0.0377. The second kappa shape index (κ2) is 11.2. The van der Waals surface area contributed by atoms with Crippen molar-refractivity contribution in [2.45, 2.75) is 84.1 Å². The van der Waals surface area contributed by atoms with E-state index in [2.05, 4.69) is 39.8 Å². The minimum absolute atomic E-state index is 0.0196. The van der Waals surface area contributed by atoms with E-state index in [9.17, 15) is 4.79 Å². The number of nitrogens with one attached hydrogen (secondary N) is 2. The maximum atomic E-state index is 12.2. The highest BCUT2D eigenvalue weighted by Crippen LogP contribution is 2.42. The summed E-state index contributed by atoms with van der Waals surface area (Å²) in [5.41, 5.74) is 11.5. The van der Waals surface area contributed by atoms with Crippen LogP contribution in [0.15, 0.2) is 18.6 Å². The number of amides is 1. The molecule has 0 aromatic carbocycles. The lowest BCUT2D eigenvalue weighted by Crippen LogP contribution is -2.64. The summed E-state index contributed by atoms with van der Waals surface area (Å²) >= 11 is 0. The number of hydrogen-bond acceptors (Lipinski definition) is 10. The number of fused-ring (bicyclic) bond motifs is 1. The molecular formula is C29H42N8O3. The topological polar surface area (TPSA) is 118 Å². The van der Waals surface area contributed by atoms with Crippen molar-refractivity contribution >= 4 is 12.0 Å². The Morgan fingerprint density at radius 1 is 1.15 bits per heavy atom. The molecule has 4 fully saturated rings. The van der Waals surface area contributed by atoms with Crippen LogP contribution in [0.2, 0.25) is 0 Å². The van der Waals surface area contributed by atoms with Crippen molar-refractivity contribution in [3.05, 3.63) is 41.0 Å². The van der Waals surface area contributed by atoms with Gasteiger partial charge < -0.3 is 19.3 Å². The molecule has 11 nitrogen and oxygen atoms in total. The van der Waals surface area contributed by atoms with Crippen LogP contribution in [-0.2, 0) is 9.47 Å². The molecule has 4 aliphatic rings. The number of carbonyl (C=O) groups excluding carboxylic acids is 1. The molecular weight excluding hydrogens is 508 g/mol. The normalized spacial score (nSPS) is 28.2. The second-order valence-corrected chi connectivity index (χ2v) is 12.2. The first-order chi connectivity index (χ1) is 19.4. The first kappa shape index (κ1) is 27.3. The molecule has 40 heavy (non-hydrogen) atoms. The van der Waals surface area contributed by atoms with Gasteiger partial charge in [0.25, 0.3) is 0 Å². The van der Waals surface area contributed by atoms with E-state index >= 15 is 0 Å². The van der Waals surface area contributed by atoms with Crippen LogP contribution < -0.4 is 15.8 Å². The molecule has 6 rings (SSSR count). The monoisotopic (exact) mass is 550 g/mol. The summed E-state index contributed by atoms with van der Waals surface area (Å²) in [4.78, 5) is 25.9. The van der Waals surface area contributed by atoms with Crippen LogP contribution in [0.5, 0.6) is 0 Å². The first-order valence-electron chi connectivity index (χ1n) is 14.8. The van der Waals surface area contributed by atoms with Gasteiger partial charge in [-0.15, -0.1) is 0 Å². The number of rotatable bonds is 6. The van der Waals surface area contributed by atoms with Crippen molar-refractivity contribution in [2.75, 3.05) is 37.7 Å². The van der Waals surface area contributed by atoms with Gasteiger partial charge in [-0.25, -0.2) is 20.2 Å². The molecule has 0 bridgehead atoms. The number of hydrogen-bond donors (Lipinski definition) is 2. The minimum Gasteiger partial charge on any atom is -0.450 e. The Morgan fingerprint density at radius 3 is 2.70 bits per heavy atom. The molecule has 1 aliphatic carbocycles. The minimum atomic E-state index is -0.194. The van der Waals surface area contributed by atoms with Crippen LogP contribution in [0, 0.1) is 25.2 Å². The van der Waals surface area contributed by atoms with E-state index in [-0.39, 0.29) is 29.8 Å². The average molecular weight is 551 g/mol. The maximum Gasteiger partial charge on any atom is 0.409 e. The summed E-state index contributed by atoms with van der Waals surface area (Å²) in [6, 6.07) is 0.556. The SMILES string of the molecule is CCOC(=O)N1CCCC2(C1)CN(c1ncc(C3NNC4CCC(O[C@H](C)c5c(C)cnnc5C)CC43)cn1)C2. The van der Waals surface area contributed by atoms with Crippen molar-refractivity contribution in [3.63, 3.8) is 0 Å². The molecule has 216 valence electrons. The van der Waals surface area contributed by atoms with Crippen molar-refractivity contribution < 1.29 is 14.3 Å². The zero-order chi connectivity index (χ0) is 27.9. The van der Waals surface area contributed by atoms with E-state index in [1.165, 1.54) is 0 Å². The van der Waals surface area contributed by atoms with Crippen molar-refractivity contribution in [3.8, 4) is 0 Å². The summed E-state index contributed by atoms with van der Waals surface area (Å²) < 4.78 is 11.8. The fraction of sp³-hybridized carbons (Fsp3) is 0.690. The molecule has 5 heterocycles. The Bertz CT molecular complexity index is 1180. The fourth-order valence-electron chi connectivity index (χ4n) is 7.45. The van der Waals surface area contributed by atoms with Crippen LogP contribution in [-0.4, -0.2) is 76.1 Å². The van der Waals surface area contributed by atoms with Gasteiger partial charge in [-0.05, 0) is 71.3 Å². The molecule has 2 aromatic heterocycles. The highest BCUT2D eigenvalue weighted by Gasteiger charge is 2.48. The van der Waals surface area contributed by atoms with Gasteiger partial charge in [0, 0.05) is 61.2 Å². The summed E-state index contributed by atoms with van der Waals surface area (Å²) in [5, 5.41) is 8.31. The van der Waals surface area contributed by atoms with Gasteiger partial charge in [-0.1, -0.05) is 0 Å². The Labute approximate surface area is 236 Å². The number of hydrazine groups is 1. The van der Waals surface area contributed by atoms with Gasteiger partial charge >= 0.3 is 6.09 Å². The third kappa shape index (κ3) is 5.26. The Hall–Kier alpha value is -2.89. The number of aryl methyl sites for hydroxylation is 2. The number of likely N-dealkylation sites (tertiary alicyclic amines) is 1. The number of nitrogens with zero attached hydrogens (tertiary/aromatic N) is 6. The number of ether oxygens (including phenoxy) is 2. The Kier molecular flexibility index (Phi) is 7.62. The summed E-state index contributed by atoms with van der Waals surface area (Å²) in [6.07, 6.45) is 10.9. The zero-order valence-corrected chi connectivity index (χ0v) is 24.1. The molecule has 5 atom stereocenters. The predicted octanol–water partition coefficient (Wildman–Crippen LogP) is 3.41. The van der Waals surface area contributed by atoms with Crippen LogP contribution in [0.4, 0.5) is 10.7 Å². The summed E-state index contributed by atoms with van der Waals surface area (Å²) in [5.74, 6) is 1.17. The third-order valence-corrected chi connectivity index (χ3v) is 9.32. The number of anilines is 1. The quantitative estimate of drug-likeness (QED) is 0.554. The highest BCUT2D eigenvalue weighted by atomic mass is 16.6. The zero-order valence-electron chi connectivity index (χ0n) is 24.1. The standard InChI is InChI=1S/C29H42N8O3/c1-5-39-28(38)36-10-6-9-29(15-36)16-37(17-29)27-30-13-21(14-31-27)26-23-11-22(7-8-24(23)34-35-26)40-20(4)25-18(2)12-32-33-19(25)3/h12-14,20,22-24,26,34-35H,5-11,15-17H2,1-4H3/t20-,22?,23?,24?,26?/m1/s1. The number of piperidine rings is 1. The van der Waals surface area contributed by atoms with Crippen LogP contribution in [0.3, 0.4) is 0 Å². The summed E-state index contributed by atoms with van der Waals surface area (Å²) in [7, 11) is 0. The number of carbonyl (C=O) groups is 1.